The highest BCUT2D eigenvalue weighted by atomic mass is 32.1. The van der Waals surface area contributed by atoms with Gasteiger partial charge in [-0.3, -0.25) is 4.79 Å². The van der Waals surface area contributed by atoms with Crippen molar-refractivity contribution >= 4 is 34.2 Å². The average Bonchev–Trinajstić information content (AvgIpc) is 3.33. The van der Waals surface area contributed by atoms with E-state index in [1.807, 2.05) is 52.0 Å². The number of hydrogen-bond acceptors (Lipinski definition) is 9. The van der Waals surface area contributed by atoms with Crippen molar-refractivity contribution in [1.82, 2.24) is 0 Å². The number of hydrogen-bond donors (Lipinski definition) is 1. The van der Waals surface area contributed by atoms with Crippen molar-refractivity contribution in [2.45, 2.75) is 34.6 Å². The Kier molecular flexibility index (Phi) is 10.7. The van der Waals surface area contributed by atoms with Crippen molar-refractivity contribution in [1.29, 1.82) is 0 Å². The highest BCUT2D eigenvalue weighted by molar-refractivity contribution is 7.15. The normalized spacial score (nSPS) is 10.5. The summed E-state index contributed by atoms with van der Waals surface area (Å²) in [5, 5.41) is 4.77. The van der Waals surface area contributed by atoms with E-state index in [-0.39, 0.29) is 17.7 Å². The van der Waals surface area contributed by atoms with E-state index < -0.39 is 24.5 Å². The second-order valence-corrected chi connectivity index (χ2v) is 9.04. The lowest BCUT2D eigenvalue weighted by Gasteiger charge is -2.16. The van der Waals surface area contributed by atoms with E-state index in [2.05, 4.69) is 5.32 Å². The molecule has 1 N–H and O–H groups in total. The van der Waals surface area contributed by atoms with Crippen LogP contribution in [0.1, 0.15) is 54.0 Å². The highest BCUT2D eigenvalue weighted by Crippen LogP contribution is 2.39. The number of rotatable bonds is 13. The van der Waals surface area contributed by atoms with Gasteiger partial charge in [-0.05, 0) is 52.3 Å². The summed E-state index contributed by atoms with van der Waals surface area (Å²) in [7, 11) is 0. The lowest BCUT2D eigenvalue weighted by molar-refractivity contribution is -0.119. The maximum absolute atomic E-state index is 12.8. The van der Waals surface area contributed by atoms with Crippen molar-refractivity contribution in [2.75, 3.05) is 38.4 Å². The van der Waals surface area contributed by atoms with Gasteiger partial charge >= 0.3 is 11.9 Å². The first-order chi connectivity index (χ1) is 18.8. The molecule has 2 aromatic carbocycles. The topological polar surface area (TPSA) is 109 Å². The summed E-state index contributed by atoms with van der Waals surface area (Å²) in [6.45, 7) is 9.82. The molecule has 0 atom stereocenters. The van der Waals surface area contributed by atoms with Crippen LogP contribution in [0.4, 0.5) is 5.00 Å². The van der Waals surface area contributed by atoms with Crippen LogP contribution < -0.4 is 19.5 Å². The summed E-state index contributed by atoms with van der Waals surface area (Å²) >= 11 is 1.19. The van der Waals surface area contributed by atoms with E-state index in [1.54, 1.807) is 12.3 Å². The van der Waals surface area contributed by atoms with Crippen molar-refractivity contribution < 1.29 is 38.1 Å². The van der Waals surface area contributed by atoms with Crippen molar-refractivity contribution in [3.05, 3.63) is 58.5 Å². The molecular weight excluding hydrogens is 522 g/mol. The van der Waals surface area contributed by atoms with Gasteiger partial charge in [0.05, 0.1) is 32.0 Å². The third kappa shape index (κ3) is 7.51. The second-order valence-electron chi connectivity index (χ2n) is 8.16. The molecule has 10 heteroatoms. The molecule has 0 saturated carbocycles. The zero-order valence-electron chi connectivity index (χ0n) is 22.8. The molecule has 39 heavy (non-hydrogen) atoms. The lowest BCUT2D eigenvalue weighted by Crippen LogP contribution is -2.22. The van der Waals surface area contributed by atoms with E-state index in [1.165, 1.54) is 23.5 Å². The van der Waals surface area contributed by atoms with Crippen LogP contribution in [-0.4, -0.2) is 50.9 Å². The molecule has 3 rings (SSSR count). The molecule has 3 aromatic rings. The Labute approximate surface area is 232 Å². The second kappa shape index (κ2) is 14.2. The number of esters is 2. The van der Waals surface area contributed by atoms with Gasteiger partial charge in [-0.2, -0.15) is 0 Å². The van der Waals surface area contributed by atoms with Crippen LogP contribution in [0, 0.1) is 6.92 Å². The standard InChI is InChI=1S/C29H33NO8S/c1-6-34-22-14-20(15-23(35-7-2)26(22)36-8-3)28(32)38-16-24(31)30-27-25(29(33)37-9-4)21(17-39-27)19-12-10-18(5)11-13-19/h10-15,17H,6-9,16H2,1-5H3,(H,30,31). The monoisotopic (exact) mass is 555 g/mol. The Morgan fingerprint density at radius 1 is 0.795 bits per heavy atom. The van der Waals surface area contributed by atoms with Crippen molar-refractivity contribution in [2.24, 2.45) is 0 Å². The molecular formula is C29H33NO8S. The zero-order chi connectivity index (χ0) is 28.4. The number of nitrogens with one attached hydrogen (secondary N) is 1. The van der Waals surface area contributed by atoms with Crippen LogP contribution in [0.15, 0.2) is 41.8 Å². The van der Waals surface area contributed by atoms with Crippen molar-refractivity contribution in [3.63, 3.8) is 0 Å². The summed E-state index contributed by atoms with van der Waals surface area (Å²) in [5.74, 6) is -0.836. The van der Waals surface area contributed by atoms with E-state index in [4.69, 9.17) is 23.7 Å². The molecule has 0 fully saturated rings. The minimum absolute atomic E-state index is 0.142. The fourth-order valence-electron chi connectivity index (χ4n) is 3.69. The smallest absolute Gasteiger partial charge is 0.341 e. The molecule has 0 aliphatic carbocycles. The summed E-state index contributed by atoms with van der Waals surface area (Å²) in [6, 6.07) is 10.7. The maximum Gasteiger partial charge on any atom is 0.341 e. The number of thiophene rings is 1. The van der Waals surface area contributed by atoms with Crippen LogP contribution in [0.2, 0.25) is 0 Å². The third-order valence-corrected chi connectivity index (χ3v) is 6.26. The van der Waals surface area contributed by atoms with Gasteiger partial charge in [0.25, 0.3) is 5.91 Å². The summed E-state index contributed by atoms with van der Waals surface area (Å²) in [5.41, 5.74) is 2.93. The van der Waals surface area contributed by atoms with E-state index in [0.717, 1.165) is 11.1 Å². The Balaban J connectivity index is 1.78. The van der Waals surface area contributed by atoms with Gasteiger partial charge in [0.1, 0.15) is 10.6 Å². The summed E-state index contributed by atoms with van der Waals surface area (Å²) < 4.78 is 27.4. The number of carbonyl (C=O) groups excluding carboxylic acids is 3. The lowest BCUT2D eigenvalue weighted by atomic mass is 10.0. The van der Waals surface area contributed by atoms with Gasteiger partial charge < -0.3 is 29.0 Å². The first-order valence-electron chi connectivity index (χ1n) is 12.7. The first kappa shape index (κ1) is 29.5. The molecule has 0 bridgehead atoms. The zero-order valence-corrected chi connectivity index (χ0v) is 23.6. The molecule has 0 saturated heterocycles. The van der Waals surface area contributed by atoms with Gasteiger partial charge in [-0.1, -0.05) is 29.8 Å². The Hall–Kier alpha value is -4.05. The SMILES string of the molecule is CCOC(=O)c1c(-c2ccc(C)cc2)csc1NC(=O)COC(=O)c1cc(OCC)c(OCC)c(OCC)c1. The number of carbonyl (C=O) groups is 3. The maximum atomic E-state index is 12.8. The minimum Gasteiger partial charge on any atom is -0.490 e. The molecule has 0 spiro atoms. The van der Waals surface area contributed by atoms with Gasteiger partial charge in [-0.15, -0.1) is 11.3 Å². The predicted molar refractivity (Wildman–Crippen MR) is 149 cm³/mol. The van der Waals surface area contributed by atoms with Crippen LogP contribution in [0.5, 0.6) is 17.2 Å². The fraction of sp³-hybridized carbons (Fsp3) is 0.345. The van der Waals surface area contributed by atoms with Crippen LogP contribution >= 0.6 is 11.3 Å². The van der Waals surface area contributed by atoms with Gasteiger partial charge in [0.15, 0.2) is 18.1 Å². The molecule has 9 nitrogen and oxygen atoms in total. The third-order valence-electron chi connectivity index (χ3n) is 5.37. The van der Waals surface area contributed by atoms with E-state index in [0.29, 0.717) is 47.6 Å². The Bertz CT molecular complexity index is 1270. The molecule has 0 aliphatic heterocycles. The largest absolute Gasteiger partial charge is 0.490 e. The predicted octanol–water partition coefficient (Wildman–Crippen LogP) is 5.89. The number of anilines is 1. The number of amides is 1. The number of aryl methyl sites for hydroxylation is 1. The summed E-state index contributed by atoms with van der Waals surface area (Å²) in [4.78, 5) is 38.4. The Morgan fingerprint density at radius 3 is 1.97 bits per heavy atom. The molecule has 1 aromatic heterocycles. The van der Waals surface area contributed by atoms with Gasteiger partial charge in [0.2, 0.25) is 5.75 Å². The molecule has 208 valence electrons. The van der Waals surface area contributed by atoms with Gasteiger partial charge in [0, 0.05) is 10.9 Å². The molecule has 1 heterocycles. The van der Waals surface area contributed by atoms with Crippen LogP contribution in [-0.2, 0) is 14.3 Å². The summed E-state index contributed by atoms with van der Waals surface area (Å²) in [6.07, 6.45) is 0. The molecule has 0 radical (unpaired) electrons. The molecule has 1 amide bonds. The first-order valence-corrected chi connectivity index (χ1v) is 13.6. The van der Waals surface area contributed by atoms with Gasteiger partial charge in [-0.25, -0.2) is 9.59 Å². The number of benzene rings is 2. The van der Waals surface area contributed by atoms with Crippen molar-refractivity contribution in [3.8, 4) is 28.4 Å². The quantitative estimate of drug-likeness (QED) is 0.260. The van der Waals surface area contributed by atoms with E-state index >= 15 is 0 Å². The molecule has 0 aliphatic rings. The molecule has 0 unspecified atom stereocenters. The van der Waals surface area contributed by atoms with Crippen LogP contribution in [0.25, 0.3) is 11.1 Å². The minimum atomic E-state index is -0.743. The highest BCUT2D eigenvalue weighted by Gasteiger charge is 2.24. The fourth-order valence-corrected chi connectivity index (χ4v) is 4.66. The number of ether oxygens (including phenoxy) is 5. The average molecular weight is 556 g/mol. The van der Waals surface area contributed by atoms with Crippen LogP contribution in [0.3, 0.4) is 0 Å². The van der Waals surface area contributed by atoms with E-state index in [9.17, 15) is 14.4 Å². The Morgan fingerprint density at radius 2 is 1.41 bits per heavy atom.